The van der Waals surface area contributed by atoms with Crippen LogP contribution in [0.3, 0.4) is 0 Å². The number of carbonyl (C=O) groups is 2. The monoisotopic (exact) mass is 208 g/mol. The van der Waals surface area contributed by atoms with Gasteiger partial charge in [-0.3, -0.25) is 9.69 Å². The molecular formula is C10H9FN2O2. The normalized spacial score (nSPS) is 15.3. The van der Waals surface area contributed by atoms with Gasteiger partial charge in [0.15, 0.2) is 0 Å². The first-order valence-electron chi connectivity index (χ1n) is 4.54. The number of nitrogens with zero attached hydrogens (tertiary/aromatic N) is 1. The second-order valence-corrected chi connectivity index (χ2v) is 3.20. The molecule has 0 saturated carbocycles. The summed E-state index contributed by atoms with van der Waals surface area (Å²) in [7, 11) is 0. The average Bonchev–Trinajstić information content (AvgIpc) is 2.63. The predicted octanol–water partition coefficient (Wildman–Crippen LogP) is 0.991. The lowest BCUT2D eigenvalue weighted by Gasteiger charge is -2.11. The Morgan fingerprint density at radius 1 is 1.47 bits per heavy atom. The Balaban J connectivity index is 2.24. The second kappa shape index (κ2) is 3.68. The molecule has 1 aromatic carbocycles. The maximum absolute atomic E-state index is 12.8. The highest BCUT2D eigenvalue weighted by Gasteiger charge is 2.26. The number of halogens is 1. The molecule has 0 atom stereocenters. The number of nitrogens with one attached hydrogen (secondary N) is 1. The van der Waals surface area contributed by atoms with Crippen molar-refractivity contribution in [1.29, 1.82) is 0 Å². The third-order valence-corrected chi connectivity index (χ3v) is 2.17. The molecule has 0 aliphatic carbocycles. The van der Waals surface area contributed by atoms with Crippen LogP contribution in [0, 0.1) is 5.82 Å². The van der Waals surface area contributed by atoms with Crippen LogP contribution >= 0.6 is 0 Å². The van der Waals surface area contributed by atoms with Gasteiger partial charge in [-0.25, -0.2) is 9.18 Å². The molecule has 1 aliphatic heterocycles. The average molecular weight is 208 g/mol. The van der Waals surface area contributed by atoms with Crippen molar-refractivity contribution in [3.8, 4) is 0 Å². The van der Waals surface area contributed by atoms with Gasteiger partial charge in [0.05, 0.1) is 0 Å². The van der Waals surface area contributed by atoms with Gasteiger partial charge in [-0.15, -0.1) is 0 Å². The molecule has 1 N–H and O–H groups in total. The summed E-state index contributed by atoms with van der Waals surface area (Å²) in [5.41, 5.74) is 0.187. The van der Waals surface area contributed by atoms with E-state index >= 15 is 0 Å². The minimum absolute atomic E-state index is 0.187. The van der Waals surface area contributed by atoms with Gasteiger partial charge in [0.1, 0.15) is 5.82 Å². The summed E-state index contributed by atoms with van der Waals surface area (Å²) in [6.07, 6.45) is 0. The number of amides is 3. The highest BCUT2D eigenvalue weighted by Crippen LogP contribution is 2.09. The molecular weight excluding hydrogens is 199 g/mol. The van der Waals surface area contributed by atoms with Crippen molar-refractivity contribution in [2.75, 3.05) is 13.1 Å². The number of hydrogen-bond donors (Lipinski definition) is 1. The number of urea groups is 1. The number of benzene rings is 1. The third kappa shape index (κ3) is 1.81. The summed E-state index contributed by atoms with van der Waals surface area (Å²) >= 11 is 0. The fraction of sp³-hybridized carbons (Fsp3) is 0.200. The van der Waals surface area contributed by atoms with Gasteiger partial charge in [-0.2, -0.15) is 0 Å². The first-order valence-corrected chi connectivity index (χ1v) is 4.54. The zero-order valence-corrected chi connectivity index (χ0v) is 7.87. The summed E-state index contributed by atoms with van der Waals surface area (Å²) in [6, 6.07) is 4.87. The Hall–Kier alpha value is -1.91. The summed E-state index contributed by atoms with van der Waals surface area (Å²) < 4.78 is 12.8. The number of rotatable bonds is 1. The van der Waals surface area contributed by atoms with Crippen molar-refractivity contribution in [2.24, 2.45) is 0 Å². The topological polar surface area (TPSA) is 49.4 Å². The van der Waals surface area contributed by atoms with Gasteiger partial charge in [0, 0.05) is 18.7 Å². The van der Waals surface area contributed by atoms with Crippen LogP contribution < -0.4 is 5.32 Å². The van der Waals surface area contributed by atoms with Crippen molar-refractivity contribution < 1.29 is 14.0 Å². The van der Waals surface area contributed by atoms with E-state index in [1.54, 1.807) is 0 Å². The zero-order chi connectivity index (χ0) is 10.8. The van der Waals surface area contributed by atoms with Gasteiger partial charge < -0.3 is 5.32 Å². The highest BCUT2D eigenvalue weighted by molar-refractivity contribution is 6.05. The Kier molecular flexibility index (Phi) is 2.37. The number of hydrogen-bond acceptors (Lipinski definition) is 2. The third-order valence-electron chi connectivity index (χ3n) is 2.17. The van der Waals surface area contributed by atoms with Crippen LogP contribution in [0.1, 0.15) is 10.4 Å². The molecule has 0 bridgehead atoms. The van der Waals surface area contributed by atoms with Crippen molar-refractivity contribution in [3.63, 3.8) is 0 Å². The standard InChI is InChI=1S/C10H9FN2O2/c11-8-3-1-2-7(6-8)9(14)13-5-4-12-10(13)15/h1-3,6H,4-5H2,(H,12,15). The first-order chi connectivity index (χ1) is 7.18. The number of imide groups is 1. The molecule has 1 aromatic rings. The molecule has 1 fully saturated rings. The molecule has 0 aromatic heterocycles. The van der Waals surface area contributed by atoms with Crippen LogP contribution in [0.2, 0.25) is 0 Å². The molecule has 2 rings (SSSR count). The lowest BCUT2D eigenvalue weighted by molar-refractivity contribution is 0.0829. The summed E-state index contributed by atoms with van der Waals surface area (Å²) in [5, 5.41) is 2.51. The maximum atomic E-state index is 12.8. The first kappa shape index (κ1) is 9.64. The molecule has 1 saturated heterocycles. The van der Waals surface area contributed by atoms with E-state index in [1.807, 2.05) is 0 Å². The van der Waals surface area contributed by atoms with E-state index < -0.39 is 17.8 Å². The van der Waals surface area contributed by atoms with Crippen LogP contribution in [-0.4, -0.2) is 29.9 Å². The van der Waals surface area contributed by atoms with E-state index in [9.17, 15) is 14.0 Å². The number of carbonyl (C=O) groups excluding carboxylic acids is 2. The van der Waals surface area contributed by atoms with E-state index in [1.165, 1.54) is 18.2 Å². The SMILES string of the molecule is O=C1NCCN1C(=O)c1cccc(F)c1. The van der Waals surface area contributed by atoms with Crippen LogP contribution in [0.25, 0.3) is 0 Å². The van der Waals surface area contributed by atoms with Crippen molar-refractivity contribution in [1.82, 2.24) is 10.2 Å². The second-order valence-electron chi connectivity index (χ2n) is 3.20. The van der Waals surface area contributed by atoms with Crippen LogP contribution in [-0.2, 0) is 0 Å². The van der Waals surface area contributed by atoms with Crippen LogP contribution in [0.15, 0.2) is 24.3 Å². The highest BCUT2D eigenvalue weighted by atomic mass is 19.1. The molecule has 0 unspecified atom stereocenters. The van der Waals surface area contributed by atoms with Crippen molar-refractivity contribution in [3.05, 3.63) is 35.6 Å². The summed E-state index contributed by atoms with van der Waals surface area (Å²) in [6.45, 7) is 0.772. The van der Waals surface area contributed by atoms with E-state index in [0.717, 1.165) is 11.0 Å². The fourth-order valence-electron chi connectivity index (χ4n) is 1.44. The van der Waals surface area contributed by atoms with E-state index in [-0.39, 0.29) is 5.56 Å². The Bertz CT molecular complexity index is 420. The molecule has 0 spiro atoms. The molecule has 1 heterocycles. The Labute approximate surface area is 85.7 Å². The molecule has 4 nitrogen and oxygen atoms in total. The van der Waals surface area contributed by atoms with Gasteiger partial charge in [-0.05, 0) is 18.2 Å². The molecule has 15 heavy (non-hydrogen) atoms. The van der Waals surface area contributed by atoms with Crippen LogP contribution in [0.4, 0.5) is 9.18 Å². The Morgan fingerprint density at radius 3 is 2.87 bits per heavy atom. The van der Waals surface area contributed by atoms with E-state index in [0.29, 0.717) is 13.1 Å². The molecule has 78 valence electrons. The van der Waals surface area contributed by atoms with Crippen molar-refractivity contribution in [2.45, 2.75) is 0 Å². The van der Waals surface area contributed by atoms with E-state index in [2.05, 4.69) is 5.32 Å². The van der Waals surface area contributed by atoms with Gasteiger partial charge >= 0.3 is 6.03 Å². The molecule has 3 amide bonds. The minimum Gasteiger partial charge on any atom is -0.336 e. The quantitative estimate of drug-likeness (QED) is 0.748. The smallest absolute Gasteiger partial charge is 0.324 e. The molecule has 1 aliphatic rings. The predicted molar refractivity (Wildman–Crippen MR) is 50.8 cm³/mol. The van der Waals surface area contributed by atoms with Gasteiger partial charge in [0.25, 0.3) is 5.91 Å². The molecule has 0 radical (unpaired) electrons. The largest absolute Gasteiger partial charge is 0.336 e. The van der Waals surface area contributed by atoms with Gasteiger partial charge in [-0.1, -0.05) is 6.07 Å². The van der Waals surface area contributed by atoms with Crippen LogP contribution in [0.5, 0.6) is 0 Å². The molecule has 5 heteroatoms. The fourth-order valence-corrected chi connectivity index (χ4v) is 1.44. The summed E-state index contributed by atoms with van der Waals surface area (Å²) in [5.74, 6) is -0.954. The van der Waals surface area contributed by atoms with E-state index in [4.69, 9.17) is 0 Å². The Morgan fingerprint density at radius 2 is 2.27 bits per heavy atom. The van der Waals surface area contributed by atoms with Gasteiger partial charge in [0.2, 0.25) is 0 Å². The lowest BCUT2D eigenvalue weighted by atomic mass is 10.2. The zero-order valence-electron chi connectivity index (χ0n) is 7.87. The lowest BCUT2D eigenvalue weighted by Crippen LogP contribution is -2.34. The van der Waals surface area contributed by atoms with Crippen molar-refractivity contribution >= 4 is 11.9 Å². The summed E-state index contributed by atoms with van der Waals surface area (Å²) in [4.78, 5) is 23.9. The maximum Gasteiger partial charge on any atom is 0.324 e. The minimum atomic E-state index is -0.486.